The van der Waals surface area contributed by atoms with Crippen LogP contribution in [0.2, 0.25) is 0 Å². The normalized spacial score (nSPS) is 11.7. The second kappa shape index (κ2) is 12.8. The number of aromatic nitrogens is 8. The second-order valence-corrected chi connectivity index (χ2v) is 12.2. The fourth-order valence-corrected chi connectivity index (χ4v) is 7.01. The van der Waals surface area contributed by atoms with Crippen LogP contribution in [0.15, 0.2) is 140 Å². The third-order valence-electron chi connectivity index (χ3n) is 9.37. The molecule has 3 aromatic heterocycles. The number of nitrogens with zero attached hydrogens (tertiary/aromatic N) is 7. The summed E-state index contributed by atoms with van der Waals surface area (Å²) < 4.78 is 3.81. The molecule has 0 radical (unpaired) electrons. The minimum atomic E-state index is -0.836. The molecule has 3 heterocycles. The quantitative estimate of drug-likeness (QED) is 0.153. The van der Waals surface area contributed by atoms with Crippen LogP contribution < -0.4 is 0 Å². The number of rotatable bonds is 10. The molecule has 0 aliphatic rings. The van der Waals surface area contributed by atoms with Crippen LogP contribution in [0.1, 0.15) is 53.2 Å². The predicted molar refractivity (Wildman–Crippen MR) is 192 cm³/mol. The zero-order chi connectivity index (χ0) is 33.2. The van der Waals surface area contributed by atoms with E-state index in [1.807, 2.05) is 33.6 Å². The molecule has 0 amide bonds. The smallest absolute Gasteiger partial charge is 0.184 e. The van der Waals surface area contributed by atoms with Crippen molar-refractivity contribution in [2.45, 2.75) is 38.6 Å². The van der Waals surface area contributed by atoms with E-state index in [0.717, 1.165) is 69.8 Å². The second-order valence-electron chi connectivity index (χ2n) is 12.2. The van der Waals surface area contributed by atoms with Gasteiger partial charge in [0.2, 0.25) is 0 Å². The molecular weight excluding hydrogens is 605 g/mol. The molecule has 0 saturated carbocycles. The van der Waals surface area contributed by atoms with E-state index >= 15 is 0 Å². The van der Waals surface area contributed by atoms with Gasteiger partial charge in [-0.15, -0.1) is 10.2 Å². The molecule has 5 aromatic carbocycles. The van der Waals surface area contributed by atoms with Gasteiger partial charge in [0.05, 0.1) is 0 Å². The van der Waals surface area contributed by atoms with Crippen LogP contribution in [-0.2, 0) is 24.8 Å². The highest BCUT2D eigenvalue weighted by atomic mass is 15.6. The Kier molecular flexibility index (Phi) is 7.89. The zero-order valence-electron chi connectivity index (χ0n) is 27.5. The van der Waals surface area contributed by atoms with Gasteiger partial charge in [-0.2, -0.15) is 4.63 Å². The van der Waals surface area contributed by atoms with E-state index in [0.29, 0.717) is 5.82 Å². The molecular formula is C41H36N8. The molecule has 0 fully saturated rings. The fourth-order valence-electron chi connectivity index (χ4n) is 7.01. The standard InChI is InChI=1S/C41H36N8/c1-3-37-36(39-42-38(4-2)45-49(39)44-37)28-29-24-26-30(27-25-29)34-22-14-15-23-35(34)40-43-46-47-48(40)41(31-16-8-5-9-17-31,32-18-10-6-11-19-32)33-20-12-7-13-21-33/h5-27,44H,3-4,28H2,1-2H3. The average molecular weight is 641 g/mol. The van der Waals surface area contributed by atoms with Crippen LogP contribution in [-0.4, -0.2) is 40.0 Å². The van der Waals surface area contributed by atoms with Gasteiger partial charge in [0.1, 0.15) is 5.54 Å². The van der Waals surface area contributed by atoms with Gasteiger partial charge in [-0.05, 0) is 50.2 Å². The summed E-state index contributed by atoms with van der Waals surface area (Å²) in [6.45, 7) is 4.24. The number of tetrazole rings is 1. The third kappa shape index (κ3) is 5.22. The van der Waals surface area contributed by atoms with Gasteiger partial charge in [0.25, 0.3) is 0 Å². The Morgan fingerprint density at radius 3 is 1.78 bits per heavy atom. The van der Waals surface area contributed by atoms with Crippen LogP contribution >= 0.6 is 0 Å². The number of benzene rings is 5. The lowest BCUT2D eigenvalue weighted by atomic mass is 9.77. The summed E-state index contributed by atoms with van der Waals surface area (Å²) in [5.74, 6) is 1.53. The molecule has 49 heavy (non-hydrogen) atoms. The highest BCUT2D eigenvalue weighted by molar-refractivity contribution is 5.81. The van der Waals surface area contributed by atoms with E-state index in [-0.39, 0.29) is 0 Å². The van der Waals surface area contributed by atoms with Crippen molar-refractivity contribution in [3.8, 4) is 22.5 Å². The van der Waals surface area contributed by atoms with Gasteiger partial charge in [0.15, 0.2) is 17.3 Å². The van der Waals surface area contributed by atoms with Crippen molar-refractivity contribution in [2.75, 3.05) is 0 Å². The molecule has 0 unspecified atom stereocenters. The number of aryl methyl sites for hydroxylation is 2. The molecule has 0 bridgehead atoms. The maximum Gasteiger partial charge on any atom is 0.184 e. The number of fused-ring (bicyclic) bond motifs is 1. The summed E-state index contributed by atoms with van der Waals surface area (Å²) in [6.07, 6.45) is 2.46. The van der Waals surface area contributed by atoms with Gasteiger partial charge in [-0.25, -0.2) is 9.67 Å². The summed E-state index contributed by atoms with van der Waals surface area (Å²) in [7, 11) is 0. The number of aromatic amines is 1. The van der Waals surface area contributed by atoms with Crippen LogP contribution in [0, 0.1) is 0 Å². The van der Waals surface area contributed by atoms with Crippen molar-refractivity contribution < 1.29 is 0 Å². The van der Waals surface area contributed by atoms with Crippen molar-refractivity contribution in [2.24, 2.45) is 0 Å². The Bertz CT molecular complexity index is 2220. The molecule has 0 aliphatic heterocycles. The van der Waals surface area contributed by atoms with Crippen LogP contribution in [0.3, 0.4) is 0 Å². The topological polar surface area (TPSA) is 89.6 Å². The van der Waals surface area contributed by atoms with Crippen LogP contribution in [0.25, 0.3) is 28.2 Å². The maximum atomic E-state index is 4.79. The zero-order valence-corrected chi connectivity index (χ0v) is 27.5. The van der Waals surface area contributed by atoms with Crippen molar-refractivity contribution in [3.05, 3.63) is 179 Å². The Hall–Kier alpha value is -6.15. The SMILES string of the molecule is CCc1nc2c(Cc3ccc(-c4ccccc4-c4nnnn4C(c4ccccc4)(c4ccccc4)c4ccccc4)cc3)c(CC)[nH]n2n1. The van der Waals surface area contributed by atoms with Crippen molar-refractivity contribution >= 4 is 5.65 Å². The lowest BCUT2D eigenvalue weighted by molar-refractivity contribution is 0.451. The Morgan fingerprint density at radius 2 is 1.20 bits per heavy atom. The first-order chi connectivity index (χ1) is 24.2. The molecule has 0 saturated heterocycles. The molecule has 8 nitrogen and oxygen atoms in total. The van der Waals surface area contributed by atoms with Gasteiger partial charge in [-0.3, -0.25) is 5.10 Å². The minimum Gasteiger partial charge on any atom is -0.280 e. The third-order valence-corrected chi connectivity index (χ3v) is 9.37. The first-order valence-electron chi connectivity index (χ1n) is 16.8. The lowest BCUT2D eigenvalue weighted by Gasteiger charge is -2.36. The number of H-pyrrole nitrogens is 1. The lowest BCUT2D eigenvalue weighted by Crippen LogP contribution is -2.39. The van der Waals surface area contributed by atoms with E-state index in [1.54, 1.807) is 0 Å². The Morgan fingerprint density at radius 1 is 0.633 bits per heavy atom. The summed E-state index contributed by atoms with van der Waals surface area (Å²) >= 11 is 0. The first kappa shape index (κ1) is 30.2. The van der Waals surface area contributed by atoms with Crippen molar-refractivity contribution in [1.82, 2.24) is 40.0 Å². The van der Waals surface area contributed by atoms with E-state index in [4.69, 9.17) is 15.3 Å². The van der Waals surface area contributed by atoms with E-state index in [1.165, 1.54) is 11.1 Å². The minimum absolute atomic E-state index is 0.678. The highest BCUT2D eigenvalue weighted by Crippen LogP contribution is 2.43. The van der Waals surface area contributed by atoms with Crippen LogP contribution in [0.5, 0.6) is 0 Å². The molecule has 8 aromatic rings. The maximum absolute atomic E-state index is 4.79. The monoisotopic (exact) mass is 640 g/mol. The van der Waals surface area contributed by atoms with Gasteiger partial charge in [-0.1, -0.05) is 153 Å². The van der Waals surface area contributed by atoms with E-state index in [9.17, 15) is 0 Å². The predicted octanol–water partition coefficient (Wildman–Crippen LogP) is 7.93. The first-order valence-corrected chi connectivity index (χ1v) is 16.8. The molecule has 0 aliphatic carbocycles. The molecule has 0 spiro atoms. The summed E-state index contributed by atoms with van der Waals surface area (Å²) in [6, 6.07) is 48.7. The molecule has 1 N–H and O–H groups in total. The van der Waals surface area contributed by atoms with Gasteiger partial charge < -0.3 is 0 Å². The number of hydrogen-bond donors (Lipinski definition) is 1. The largest absolute Gasteiger partial charge is 0.280 e. The summed E-state index contributed by atoms with van der Waals surface area (Å²) in [5, 5.41) is 21.9. The van der Waals surface area contributed by atoms with E-state index < -0.39 is 5.54 Å². The Balaban J connectivity index is 1.24. The molecule has 8 heteroatoms. The summed E-state index contributed by atoms with van der Waals surface area (Å²) in [5.41, 5.74) is 9.92. The number of nitrogens with one attached hydrogen (secondary N) is 1. The molecule has 240 valence electrons. The van der Waals surface area contributed by atoms with Crippen molar-refractivity contribution in [1.29, 1.82) is 0 Å². The van der Waals surface area contributed by atoms with Gasteiger partial charge >= 0.3 is 0 Å². The Labute approximate surface area is 285 Å². The molecule has 0 atom stereocenters. The number of hydrogen-bond acceptors (Lipinski definition) is 5. The summed E-state index contributed by atoms with van der Waals surface area (Å²) in [4.78, 5) is 4.79. The highest BCUT2D eigenvalue weighted by Gasteiger charge is 2.42. The molecule has 8 rings (SSSR count). The van der Waals surface area contributed by atoms with Gasteiger partial charge in [0, 0.05) is 29.7 Å². The van der Waals surface area contributed by atoms with Crippen molar-refractivity contribution in [3.63, 3.8) is 0 Å². The fraction of sp³-hybridized carbons (Fsp3) is 0.146. The average Bonchev–Trinajstić information content (AvgIpc) is 3.90. The van der Waals surface area contributed by atoms with E-state index in [2.05, 4.69) is 145 Å². The van der Waals surface area contributed by atoms with Crippen LogP contribution in [0.4, 0.5) is 0 Å².